The SMILES string of the molecule is CCOc1ccccc1Nc1nnc(SCCC(=O)Nc2ccc(N3CCCC3=O)cc2)s1. The lowest BCUT2D eigenvalue weighted by atomic mass is 10.2. The first-order chi connectivity index (χ1) is 16.1. The Kier molecular flexibility index (Phi) is 7.79. The van der Waals surface area contributed by atoms with E-state index >= 15 is 0 Å². The monoisotopic (exact) mass is 483 g/mol. The fraction of sp³-hybridized carbons (Fsp3) is 0.304. The molecule has 2 amide bonds. The van der Waals surface area contributed by atoms with Crippen molar-refractivity contribution in [1.29, 1.82) is 0 Å². The summed E-state index contributed by atoms with van der Waals surface area (Å²) >= 11 is 2.93. The van der Waals surface area contributed by atoms with Gasteiger partial charge in [0.05, 0.1) is 12.3 Å². The molecule has 1 aliphatic rings. The first-order valence-corrected chi connectivity index (χ1v) is 12.6. The Balaban J connectivity index is 1.22. The van der Waals surface area contributed by atoms with Crippen LogP contribution in [0.1, 0.15) is 26.2 Å². The largest absolute Gasteiger partial charge is 0.492 e. The number of aromatic nitrogens is 2. The molecule has 0 bridgehead atoms. The van der Waals surface area contributed by atoms with Crippen LogP contribution in [0.3, 0.4) is 0 Å². The number of hydrogen-bond donors (Lipinski definition) is 2. The standard InChI is InChI=1S/C23H25N5O3S2/c1-2-31-19-7-4-3-6-18(19)25-22-26-27-23(33-22)32-15-13-20(29)24-16-9-11-17(12-10-16)28-14-5-8-21(28)30/h3-4,6-7,9-12H,2,5,8,13-15H2,1H3,(H,24,29)(H,25,26). The summed E-state index contributed by atoms with van der Waals surface area (Å²) in [5.41, 5.74) is 2.43. The van der Waals surface area contributed by atoms with Crippen LogP contribution in [-0.4, -0.2) is 40.9 Å². The van der Waals surface area contributed by atoms with Gasteiger partial charge < -0.3 is 20.3 Å². The van der Waals surface area contributed by atoms with Gasteiger partial charge in [-0.2, -0.15) is 0 Å². The molecule has 2 N–H and O–H groups in total. The quantitative estimate of drug-likeness (QED) is 0.395. The summed E-state index contributed by atoms with van der Waals surface area (Å²) in [4.78, 5) is 25.9. The average molecular weight is 484 g/mol. The van der Waals surface area contributed by atoms with Crippen molar-refractivity contribution in [1.82, 2.24) is 10.2 Å². The third-order valence-electron chi connectivity index (χ3n) is 4.93. The minimum Gasteiger partial charge on any atom is -0.492 e. The van der Waals surface area contributed by atoms with Crippen LogP contribution in [0.2, 0.25) is 0 Å². The van der Waals surface area contributed by atoms with Crippen molar-refractivity contribution in [3.63, 3.8) is 0 Å². The van der Waals surface area contributed by atoms with Crippen LogP contribution in [0.4, 0.5) is 22.2 Å². The predicted octanol–water partition coefficient (Wildman–Crippen LogP) is 4.93. The Bertz CT molecular complexity index is 1100. The molecule has 0 aliphatic carbocycles. The molecule has 4 rings (SSSR count). The van der Waals surface area contributed by atoms with E-state index in [2.05, 4.69) is 20.8 Å². The highest BCUT2D eigenvalue weighted by Crippen LogP contribution is 2.32. The molecule has 2 heterocycles. The molecule has 0 unspecified atom stereocenters. The minimum atomic E-state index is -0.0685. The number of nitrogens with one attached hydrogen (secondary N) is 2. The number of hydrogen-bond acceptors (Lipinski definition) is 8. The molecule has 0 atom stereocenters. The number of amides is 2. The molecule has 1 aromatic heterocycles. The average Bonchev–Trinajstić information content (AvgIpc) is 3.44. The van der Waals surface area contributed by atoms with Crippen molar-refractivity contribution in [3.05, 3.63) is 48.5 Å². The molecule has 1 saturated heterocycles. The Morgan fingerprint density at radius 2 is 2.00 bits per heavy atom. The number of carbonyl (C=O) groups excluding carboxylic acids is 2. The van der Waals surface area contributed by atoms with Gasteiger partial charge in [-0.1, -0.05) is 35.2 Å². The van der Waals surface area contributed by atoms with Crippen LogP contribution in [0.25, 0.3) is 0 Å². The highest BCUT2D eigenvalue weighted by atomic mass is 32.2. The van der Waals surface area contributed by atoms with Gasteiger partial charge in [0, 0.05) is 36.5 Å². The van der Waals surface area contributed by atoms with E-state index in [4.69, 9.17) is 4.74 Å². The summed E-state index contributed by atoms with van der Waals surface area (Å²) in [6.45, 7) is 3.28. The lowest BCUT2D eigenvalue weighted by Gasteiger charge is -2.16. The number of carbonyl (C=O) groups is 2. The lowest BCUT2D eigenvalue weighted by Crippen LogP contribution is -2.23. The van der Waals surface area contributed by atoms with Gasteiger partial charge in [0.2, 0.25) is 16.9 Å². The smallest absolute Gasteiger partial charge is 0.227 e. The highest BCUT2D eigenvalue weighted by molar-refractivity contribution is 8.01. The number of thioether (sulfide) groups is 1. The molecule has 33 heavy (non-hydrogen) atoms. The Hall–Kier alpha value is -3.11. The predicted molar refractivity (Wildman–Crippen MR) is 133 cm³/mol. The molecule has 10 heteroatoms. The van der Waals surface area contributed by atoms with Crippen molar-refractivity contribution in [2.75, 3.05) is 34.4 Å². The molecule has 3 aromatic rings. The fourth-order valence-electron chi connectivity index (χ4n) is 3.39. The number of para-hydroxylation sites is 2. The topological polar surface area (TPSA) is 96.4 Å². The number of benzene rings is 2. The van der Waals surface area contributed by atoms with Gasteiger partial charge in [-0.3, -0.25) is 9.59 Å². The van der Waals surface area contributed by atoms with E-state index in [-0.39, 0.29) is 11.8 Å². The zero-order chi connectivity index (χ0) is 23.0. The molecule has 1 fully saturated rings. The third-order valence-corrected chi connectivity index (χ3v) is 6.90. The van der Waals surface area contributed by atoms with Crippen molar-refractivity contribution >= 4 is 57.1 Å². The van der Waals surface area contributed by atoms with E-state index in [9.17, 15) is 9.59 Å². The molecule has 8 nitrogen and oxygen atoms in total. The maximum absolute atomic E-state index is 12.3. The van der Waals surface area contributed by atoms with E-state index in [1.165, 1.54) is 23.1 Å². The molecule has 172 valence electrons. The third kappa shape index (κ3) is 6.23. The van der Waals surface area contributed by atoms with Crippen LogP contribution >= 0.6 is 23.1 Å². The maximum Gasteiger partial charge on any atom is 0.227 e. The van der Waals surface area contributed by atoms with E-state index in [1.54, 1.807) is 4.90 Å². The van der Waals surface area contributed by atoms with E-state index in [0.29, 0.717) is 30.3 Å². The van der Waals surface area contributed by atoms with Crippen molar-refractivity contribution in [2.24, 2.45) is 0 Å². The molecular formula is C23H25N5O3S2. The Morgan fingerprint density at radius 1 is 1.18 bits per heavy atom. The van der Waals surface area contributed by atoms with Crippen LogP contribution in [-0.2, 0) is 9.59 Å². The van der Waals surface area contributed by atoms with Crippen LogP contribution < -0.4 is 20.3 Å². The summed E-state index contributed by atoms with van der Waals surface area (Å²) in [5, 5.41) is 15.2. The van der Waals surface area contributed by atoms with E-state index in [0.717, 1.165) is 40.1 Å². The lowest BCUT2D eigenvalue weighted by molar-refractivity contribution is -0.117. The molecular weight excluding hydrogens is 458 g/mol. The molecule has 0 radical (unpaired) electrons. The van der Waals surface area contributed by atoms with Gasteiger partial charge in [0.25, 0.3) is 0 Å². The first kappa shape index (κ1) is 23.1. The zero-order valence-corrected chi connectivity index (χ0v) is 19.9. The van der Waals surface area contributed by atoms with Gasteiger partial charge in [-0.25, -0.2) is 0 Å². The van der Waals surface area contributed by atoms with Gasteiger partial charge in [-0.15, -0.1) is 10.2 Å². The highest BCUT2D eigenvalue weighted by Gasteiger charge is 2.21. The number of nitrogens with zero attached hydrogens (tertiary/aromatic N) is 3. The Labute approximate surface area is 200 Å². The van der Waals surface area contributed by atoms with Crippen LogP contribution in [0.15, 0.2) is 52.9 Å². The second kappa shape index (κ2) is 11.2. The molecule has 2 aromatic carbocycles. The second-order valence-corrected chi connectivity index (χ2v) is 9.59. The summed E-state index contributed by atoms with van der Waals surface area (Å²) in [6, 6.07) is 15.1. The molecule has 0 spiro atoms. The van der Waals surface area contributed by atoms with Gasteiger partial charge >= 0.3 is 0 Å². The summed E-state index contributed by atoms with van der Waals surface area (Å²) in [6.07, 6.45) is 1.84. The maximum atomic E-state index is 12.3. The van der Waals surface area contributed by atoms with Crippen molar-refractivity contribution in [3.8, 4) is 5.75 Å². The zero-order valence-electron chi connectivity index (χ0n) is 18.2. The van der Waals surface area contributed by atoms with Crippen molar-refractivity contribution in [2.45, 2.75) is 30.5 Å². The Morgan fingerprint density at radius 3 is 2.76 bits per heavy atom. The summed E-state index contributed by atoms with van der Waals surface area (Å²) < 4.78 is 6.41. The summed E-state index contributed by atoms with van der Waals surface area (Å²) in [5.74, 6) is 1.44. The molecule has 0 saturated carbocycles. The van der Waals surface area contributed by atoms with Gasteiger partial charge in [-0.05, 0) is 49.7 Å². The minimum absolute atomic E-state index is 0.0685. The fourth-order valence-corrected chi connectivity index (χ4v) is 5.16. The summed E-state index contributed by atoms with van der Waals surface area (Å²) in [7, 11) is 0. The number of ether oxygens (including phenoxy) is 1. The van der Waals surface area contributed by atoms with E-state index < -0.39 is 0 Å². The second-order valence-electron chi connectivity index (χ2n) is 7.27. The van der Waals surface area contributed by atoms with Crippen LogP contribution in [0.5, 0.6) is 5.75 Å². The van der Waals surface area contributed by atoms with Crippen molar-refractivity contribution < 1.29 is 14.3 Å². The van der Waals surface area contributed by atoms with Gasteiger partial charge in [0.15, 0.2) is 4.34 Å². The normalized spacial score (nSPS) is 13.2. The number of rotatable bonds is 10. The first-order valence-electron chi connectivity index (χ1n) is 10.8. The van der Waals surface area contributed by atoms with Gasteiger partial charge in [0.1, 0.15) is 5.75 Å². The number of anilines is 4. The van der Waals surface area contributed by atoms with E-state index in [1.807, 2.05) is 55.5 Å². The molecule has 1 aliphatic heterocycles. The van der Waals surface area contributed by atoms with Crippen LogP contribution in [0, 0.1) is 0 Å².